The van der Waals surface area contributed by atoms with E-state index in [0.29, 0.717) is 24.6 Å². The first-order chi connectivity index (χ1) is 8.75. The molecule has 0 amide bonds. The zero-order valence-corrected chi connectivity index (χ0v) is 12.5. The van der Waals surface area contributed by atoms with Gasteiger partial charge in [-0.25, -0.2) is 0 Å². The van der Waals surface area contributed by atoms with Gasteiger partial charge in [0.05, 0.1) is 5.56 Å². The maximum Gasteiger partial charge on any atom is 0.416 e. The number of hydrogen-bond acceptors (Lipinski definition) is 2. The van der Waals surface area contributed by atoms with Gasteiger partial charge in [0, 0.05) is 30.7 Å². The molecule has 0 bridgehead atoms. The van der Waals surface area contributed by atoms with Crippen molar-refractivity contribution >= 4 is 24.0 Å². The highest BCUT2D eigenvalue weighted by Gasteiger charge is 2.32. The summed E-state index contributed by atoms with van der Waals surface area (Å²) in [5, 5.41) is 0.112. The van der Waals surface area contributed by atoms with E-state index < -0.39 is 11.7 Å². The largest absolute Gasteiger partial charge is 0.416 e. The summed E-state index contributed by atoms with van der Waals surface area (Å²) in [7, 11) is 0. The summed E-state index contributed by atoms with van der Waals surface area (Å²) < 4.78 is 38.1. The minimum absolute atomic E-state index is 0. The fraction of sp³-hybridized carbons (Fsp3) is 0.538. The molecule has 7 heteroatoms. The Hall–Kier alpha value is -0.490. The van der Waals surface area contributed by atoms with E-state index in [1.54, 1.807) is 6.07 Å². The Balaban J connectivity index is 0.00000200. The van der Waals surface area contributed by atoms with Crippen LogP contribution in [0.4, 0.5) is 13.2 Å². The van der Waals surface area contributed by atoms with Crippen LogP contribution in [0, 0.1) is 5.92 Å². The highest BCUT2D eigenvalue weighted by molar-refractivity contribution is 6.30. The monoisotopic (exact) mass is 328 g/mol. The third-order valence-electron chi connectivity index (χ3n) is 3.44. The number of nitrogens with two attached hydrogens (primary N) is 1. The first kappa shape index (κ1) is 17.6. The molecule has 2 unspecified atom stereocenters. The molecule has 2 rings (SSSR count). The van der Waals surface area contributed by atoms with Crippen molar-refractivity contribution in [2.75, 3.05) is 13.1 Å². The van der Waals surface area contributed by atoms with Crippen molar-refractivity contribution in [1.82, 2.24) is 4.90 Å². The van der Waals surface area contributed by atoms with Crippen LogP contribution in [0.15, 0.2) is 18.2 Å². The van der Waals surface area contributed by atoms with E-state index >= 15 is 0 Å². The molecular weight excluding hydrogens is 312 g/mol. The summed E-state index contributed by atoms with van der Waals surface area (Å²) in [5.41, 5.74) is 5.77. The molecule has 0 saturated carbocycles. The molecule has 1 aliphatic rings. The van der Waals surface area contributed by atoms with E-state index in [2.05, 4.69) is 4.90 Å². The van der Waals surface area contributed by atoms with Crippen molar-refractivity contribution in [1.29, 1.82) is 0 Å². The van der Waals surface area contributed by atoms with Gasteiger partial charge in [0.15, 0.2) is 0 Å². The van der Waals surface area contributed by atoms with Gasteiger partial charge in [-0.05, 0) is 29.7 Å². The average molecular weight is 329 g/mol. The van der Waals surface area contributed by atoms with E-state index in [1.165, 1.54) is 0 Å². The smallest absolute Gasteiger partial charge is 0.326 e. The highest BCUT2D eigenvalue weighted by atomic mass is 35.5. The first-order valence-electron chi connectivity index (χ1n) is 6.10. The number of alkyl halides is 3. The number of halogens is 5. The molecule has 0 aromatic heterocycles. The Labute approximate surface area is 127 Å². The second-order valence-corrected chi connectivity index (χ2v) is 5.62. The van der Waals surface area contributed by atoms with Gasteiger partial charge in [-0.1, -0.05) is 18.5 Å². The number of hydrogen-bond donors (Lipinski definition) is 1. The Kier molecular flexibility index (Phi) is 5.72. The normalized spacial score (nSPS) is 23.7. The van der Waals surface area contributed by atoms with Crippen LogP contribution in [0.1, 0.15) is 18.1 Å². The minimum atomic E-state index is -4.37. The van der Waals surface area contributed by atoms with E-state index in [9.17, 15) is 13.2 Å². The Morgan fingerprint density at radius 1 is 1.30 bits per heavy atom. The quantitative estimate of drug-likeness (QED) is 0.899. The first-order valence-corrected chi connectivity index (χ1v) is 6.48. The molecule has 1 heterocycles. The van der Waals surface area contributed by atoms with Crippen LogP contribution in [0.3, 0.4) is 0 Å². The predicted octanol–water partition coefficient (Wildman–Crippen LogP) is 3.56. The number of benzene rings is 1. The van der Waals surface area contributed by atoms with Gasteiger partial charge in [0.1, 0.15) is 0 Å². The Bertz CT molecular complexity index is 455. The van der Waals surface area contributed by atoms with Gasteiger partial charge in [0.2, 0.25) is 0 Å². The molecule has 1 saturated heterocycles. The zero-order chi connectivity index (χ0) is 14.2. The van der Waals surface area contributed by atoms with Crippen molar-refractivity contribution in [3.05, 3.63) is 34.3 Å². The van der Waals surface area contributed by atoms with E-state index in [-0.39, 0.29) is 23.5 Å². The van der Waals surface area contributed by atoms with Crippen LogP contribution in [-0.4, -0.2) is 24.0 Å². The van der Waals surface area contributed by atoms with Crippen molar-refractivity contribution in [2.24, 2.45) is 11.7 Å². The minimum Gasteiger partial charge on any atom is -0.326 e. The molecule has 2 atom stereocenters. The Morgan fingerprint density at radius 2 is 1.95 bits per heavy atom. The molecule has 0 spiro atoms. The summed E-state index contributed by atoms with van der Waals surface area (Å²) in [4.78, 5) is 2.06. The third-order valence-corrected chi connectivity index (χ3v) is 3.66. The van der Waals surface area contributed by atoms with Crippen molar-refractivity contribution < 1.29 is 13.2 Å². The van der Waals surface area contributed by atoms with Gasteiger partial charge in [0.25, 0.3) is 0 Å². The maximum atomic E-state index is 12.7. The Morgan fingerprint density at radius 3 is 2.45 bits per heavy atom. The van der Waals surface area contributed by atoms with Crippen LogP contribution in [0.5, 0.6) is 0 Å². The number of rotatable bonds is 2. The third kappa shape index (κ3) is 4.25. The molecule has 1 fully saturated rings. The molecule has 2 N–H and O–H groups in total. The predicted molar refractivity (Wildman–Crippen MR) is 76.1 cm³/mol. The summed E-state index contributed by atoms with van der Waals surface area (Å²) in [6.45, 7) is 4.00. The van der Waals surface area contributed by atoms with E-state index in [1.807, 2.05) is 6.92 Å². The standard InChI is InChI=1S/C13H16ClF3N2.ClH/c1-8-5-19(7-12(8)18)6-9-2-10(13(15,16)17)4-11(14)3-9;/h2-4,8,12H,5-7,18H2,1H3;1H. The maximum absolute atomic E-state index is 12.7. The van der Waals surface area contributed by atoms with Gasteiger partial charge in [-0.2, -0.15) is 13.2 Å². The SMILES string of the molecule is CC1CN(Cc2cc(Cl)cc(C(F)(F)F)c2)CC1N.Cl. The lowest BCUT2D eigenvalue weighted by atomic mass is 10.1. The molecular formula is C13H17Cl2F3N2. The van der Waals surface area contributed by atoms with Gasteiger partial charge in [-0.3, -0.25) is 4.90 Å². The van der Waals surface area contributed by atoms with Crippen molar-refractivity contribution in [3.8, 4) is 0 Å². The van der Waals surface area contributed by atoms with E-state index in [0.717, 1.165) is 18.7 Å². The van der Waals surface area contributed by atoms with Crippen LogP contribution in [0.2, 0.25) is 5.02 Å². The number of nitrogens with zero attached hydrogens (tertiary/aromatic N) is 1. The molecule has 0 radical (unpaired) electrons. The fourth-order valence-electron chi connectivity index (χ4n) is 2.39. The molecule has 1 aromatic rings. The van der Waals surface area contributed by atoms with Crippen LogP contribution in [0.25, 0.3) is 0 Å². The molecule has 1 aliphatic heterocycles. The van der Waals surface area contributed by atoms with Gasteiger partial charge in [-0.15, -0.1) is 12.4 Å². The lowest BCUT2D eigenvalue weighted by Crippen LogP contribution is -2.28. The second kappa shape index (κ2) is 6.52. The lowest BCUT2D eigenvalue weighted by molar-refractivity contribution is -0.137. The fourth-order valence-corrected chi connectivity index (χ4v) is 2.65. The summed E-state index contributed by atoms with van der Waals surface area (Å²) in [5.74, 6) is 0.362. The van der Waals surface area contributed by atoms with Crippen LogP contribution in [-0.2, 0) is 12.7 Å². The van der Waals surface area contributed by atoms with Crippen molar-refractivity contribution in [3.63, 3.8) is 0 Å². The summed E-state index contributed by atoms with van der Waals surface area (Å²) >= 11 is 5.76. The highest BCUT2D eigenvalue weighted by Crippen LogP contribution is 2.32. The molecule has 114 valence electrons. The van der Waals surface area contributed by atoms with Crippen LogP contribution >= 0.6 is 24.0 Å². The van der Waals surface area contributed by atoms with Crippen LogP contribution < -0.4 is 5.73 Å². The van der Waals surface area contributed by atoms with Crippen molar-refractivity contribution in [2.45, 2.75) is 25.7 Å². The average Bonchev–Trinajstić information content (AvgIpc) is 2.55. The van der Waals surface area contributed by atoms with Gasteiger partial charge >= 0.3 is 6.18 Å². The molecule has 0 aliphatic carbocycles. The summed E-state index contributed by atoms with van der Waals surface area (Å²) in [6.07, 6.45) is -4.37. The molecule has 1 aromatic carbocycles. The second-order valence-electron chi connectivity index (χ2n) is 5.18. The summed E-state index contributed by atoms with van der Waals surface area (Å²) in [6, 6.07) is 3.76. The molecule has 2 nitrogen and oxygen atoms in total. The lowest BCUT2D eigenvalue weighted by Gasteiger charge is -2.17. The molecule has 20 heavy (non-hydrogen) atoms. The number of likely N-dealkylation sites (tertiary alicyclic amines) is 1. The van der Waals surface area contributed by atoms with Gasteiger partial charge < -0.3 is 5.73 Å². The topological polar surface area (TPSA) is 29.3 Å². The zero-order valence-electron chi connectivity index (χ0n) is 11.0. The van der Waals surface area contributed by atoms with E-state index in [4.69, 9.17) is 17.3 Å².